The van der Waals surface area contributed by atoms with Crippen LogP contribution in [-0.2, 0) is 17.6 Å². The van der Waals surface area contributed by atoms with E-state index in [4.69, 9.17) is 4.98 Å². The molecule has 1 fully saturated rings. The van der Waals surface area contributed by atoms with Crippen LogP contribution in [0, 0.1) is 0 Å². The van der Waals surface area contributed by atoms with Crippen LogP contribution in [0.25, 0.3) is 5.57 Å². The van der Waals surface area contributed by atoms with Crippen molar-refractivity contribution in [3.63, 3.8) is 0 Å². The van der Waals surface area contributed by atoms with Gasteiger partial charge in [-0.25, -0.2) is 0 Å². The Labute approximate surface area is 143 Å². The van der Waals surface area contributed by atoms with Crippen molar-refractivity contribution in [3.05, 3.63) is 70.6 Å². The summed E-state index contributed by atoms with van der Waals surface area (Å²) >= 11 is 0. The van der Waals surface area contributed by atoms with Gasteiger partial charge in [0.2, 0.25) is 5.91 Å². The van der Waals surface area contributed by atoms with Gasteiger partial charge < -0.3 is 4.90 Å². The summed E-state index contributed by atoms with van der Waals surface area (Å²) < 4.78 is 0. The maximum absolute atomic E-state index is 11.6. The maximum Gasteiger partial charge on any atom is 0.219 e. The molecule has 2 aliphatic rings. The van der Waals surface area contributed by atoms with Gasteiger partial charge in [-0.2, -0.15) is 0 Å². The van der Waals surface area contributed by atoms with Crippen LogP contribution >= 0.6 is 0 Å². The molecule has 0 radical (unpaired) electrons. The molecule has 24 heavy (non-hydrogen) atoms. The molecule has 3 heteroatoms. The average molecular weight is 318 g/mol. The fourth-order valence-electron chi connectivity index (χ4n) is 3.94. The molecule has 1 saturated heterocycles. The zero-order chi connectivity index (χ0) is 16.5. The Morgan fingerprint density at radius 1 is 0.958 bits per heavy atom. The SMILES string of the molecule is CC(=O)N1CCC(=C2c3ccccc3CCc3cccnc32)CC1. The number of piperidine rings is 1. The largest absolute Gasteiger partial charge is 0.342 e. The van der Waals surface area contributed by atoms with Crippen molar-refractivity contribution in [2.45, 2.75) is 32.6 Å². The molecule has 4 rings (SSSR count). The van der Waals surface area contributed by atoms with Gasteiger partial charge in [-0.05, 0) is 48.4 Å². The minimum atomic E-state index is 0.179. The molecule has 0 saturated carbocycles. The van der Waals surface area contributed by atoms with Crippen molar-refractivity contribution in [2.75, 3.05) is 13.1 Å². The van der Waals surface area contributed by atoms with Crippen LogP contribution in [0.15, 0.2) is 48.2 Å². The number of amides is 1. The highest BCUT2D eigenvalue weighted by molar-refractivity contribution is 5.84. The molecule has 2 aromatic rings. The number of likely N-dealkylation sites (tertiary alicyclic amines) is 1. The number of carbonyl (C=O) groups is 1. The van der Waals surface area contributed by atoms with Gasteiger partial charge in [0, 0.05) is 31.8 Å². The standard InChI is InChI=1S/C21H22N2O/c1-15(24)23-13-10-17(11-14-23)20-19-7-3-2-5-16(19)8-9-18-6-4-12-22-21(18)20/h2-7,12H,8-11,13-14H2,1H3. The molecule has 1 amide bonds. The normalized spacial score (nSPS) is 17.1. The highest BCUT2D eigenvalue weighted by Gasteiger charge is 2.25. The van der Waals surface area contributed by atoms with E-state index in [0.29, 0.717) is 0 Å². The molecule has 1 aliphatic carbocycles. The third-order valence-corrected chi connectivity index (χ3v) is 5.24. The van der Waals surface area contributed by atoms with Crippen molar-refractivity contribution in [3.8, 4) is 0 Å². The number of benzene rings is 1. The topological polar surface area (TPSA) is 33.2 Å². The van der Waals surface area contributed by atoms with Gasteiger partial charge in [-0.3, -0.25) is 9.78 Å². The summed E-state index contributed by atoms with van der Waals surface area (Å²) in [7, 11) is 0. The molecule has 3 nitrogen and oxygen atoms in total. The lowest BCUT2D eigenvalue weighted by molar-refractivity contribution is -0.129. The van der Waals surface area contributed by atoms with E-state index in [9.17, 15) is 4.79 Å². The second-order valence-corrected chi connectivity index (χ2v) is 6.65. The number of aromatic nitrogens is 1. The molecule has 1 aromatic heterocycles. The first-order valence-corrected chi connectivity index (χ1v) is 8.74. The van der Waals surface area contributed by atoms with Crippen molar-refractivity contribution in [1.29, 1.82) is 0 Å². The Balaban J connectivity index is 1.85. The predicted molar refractivity (Wildman–Crippen MR) is 95.6 cm³/mol. The van der Waals surface area contributed by atoms with E-state index in [0.717, 1.165) is 44.5 Å². The Kier molecular flexibility index (Phi) is 3.93. The Morgan fingerprint density at radius 3 is 2.46 bits per heavy atom. The molecular formula is C21H22N2O. The van der Waals surface area contributed by atoms with Crippen LogP contribution in [0.1, 0.15) is 42.1 Å². The third-order valence-electron chi connectivity index (χ3n) is 5.24. The van der Waals surface area contributed by atoms with Crippen LogP contribution in [0.2, 0.25) is 0 Å². The van der Waals surface area contributed by atoms with Crippen molar-refractivity contribution < 1.29 is 4.79 Å². The van der Waals surface area contributed by atoms with Gasteiger partial charge in [0.15, 0.2) is 0 Å². The lowest BCUT2D eigenvalue weighted by Gasteiger charge is -2.29. The van der Waals surface area contributed by atoms with Crippen LogP contribution in [0.3, 0.4) is 0 Å². The predicted octanol–water partition coefficient (Wildman–Crippen LogP) is 3.62. The molecule has 0 N–H and O–H groups in total. The second kappa shape index (κ2) is 6.23. The van der Waals surface area contributed by atoms with E-state index in [-0.39, 0.29) is 5.91 Å². The number of hydrogen-bond acceptors (Lipinski definition) is 2. The summed E-state index contributed by atoms with van der Waals surface area (Å²) in [4.78, 5) is 18.3. The van der Waals surface area contributed by atoms with Crippen molar-refractivity contribution >= 4 is 11.5 Å². The molecular weight excluding hydrogens is 296 g/mol. The number of hydrogen-bond donors (Lipinski definition) is 0. The molecule has 122 valence electrons. The van der Waals surface area contributed by atoms with Crippen LogP contribution in [0.4, 0.5) is 0 Å². The smallest absolute Gasteiger partial charge is 0.219 e. The van der Waals surface area contributed by atoms with E-state index in [1.54, 1.807) is 6.92 Å². The number of rotatable bonds is 0. The number of fused-ring (bicyclic) bond motifs is 2. The average Bonchev–Trinajstić information content (AvgIpc) is 2.79. The van der Waals surface area contributed by atoms with Gasteiger partial charge in [-0.15, -0.1) is 0 Å². The highest BCUT2D eigenvalue weighted by Crippen LogP contribution is 2.37. The monoisotopic (exact) mass is 318 g/mol. The fraction of sp³-hybridized carbons (Fsp3) is 0.333. The van der Waals surface area contributed by atoms with Crippen LogP contribution in [0.5, 0.6) is 0 Å². The zero-order valence-corrected chi connectivity index (χ0v) is 14.1. The van der Waals surface area contributed by atoms with E-state index in [1.165, 1.54) is 27.8 Å². The Morgan fingerprint density at radius 2 is 1.67 bits per heavy atom. The first kappa shape index (κ1) is 15.1. The van der Waals surface area contributed by atoms with Crippen molar-refractivity contribution in [2.24, 2.45) is 0 Å². The van der Waals surface area contributed by atoms with Crippen molar-refractivity contribution in [1.82, 2.24) is 9.88 Å². The summed E-state index contributed by atoms with van der Waals surface area (Å²) in [6.07, 6.45) is 5.89. The van der Waals surface area contributed by atoms with Crippen LogP contribution in [-0.4, -0.2) is 28.9 Å². The minimum absolute atomic E-state index is 0.179. The first-order valence-electron chi connectivity index (χ1n) is 8.74. The van der Waals surface area contributed by atoms with Gasteiger partial charge in [0.1, 0.15) is 0 Å². The molecule has 1 aromatic carbocycles. The first-order chi connectivity index (χ1) is 11.7. The number of carbonyl (C=O) groups excluding carboxylic acids is 1. The van der Waals surface area contributed by atoms with E-state index < -0.39 is 0 Å². The Hall–Kier alpha value is -2.42. The molecule has 0 spiro atoms. The van der Waals surface area contributed by atoms with Gasteiger partial charge in [0.05, 0.1) is 5.69 Å². The van der Waals surface area contributed by atoms with E-state index in [2.05, 4.69) is 30.3 Å². The Bertz CT molecular complexity index is 763. The fourth-order valence-corrected chi connectivity index (χ4v) is 3.94. The number of aryl methyl sites for hydroxylation is 2. The molecule has 2 heterocycles. The molecule has 0 bridgehead atoms. The van der Waals surface area contributed by atoms with Gasteiger partial charge in [-0.1, -0.05) is 35.9 Å². The number of pyridine rings is 1. The molecule has 0 atom stereocenters. The van der Waals surface area contributed by atoms with E-state index in [1.807, 2.05) is 17.2 Å². The zero-order valence-electron chi connectivity index (χ0n) is 14.1. The molecule has 1 aliphatic heterocycles. The summed E-state index contributed by atoms with van der Waals surface area (Å²) in [5.41, 5.74) is 8.00. The minimum Gasteiger partial charge on any atom is -0.342 e. The highest BCUT2D eigenvalue weighted by atomic mass is 16.2. The number of nitrogens with zero attached hydrogens (tertiary/aromatic N) is 2. The van der Waals surface area contributed by atoms with Gasteiger partial charge in [0.25, 0.3) is 0 Å². The lowest BCUT2D eigenvalue weighted by atomic mass is 9.88. The molecule has 0 unspecified atom stereocenters. The second-order valence-electron chi connectivity index (χ2n) is 6.65. The summed E-state index contributed by atoms with van der Waals surface area (Å²) in [5, 5.41) is 0. The van der Waals surface area contributed by atoms with Crippen LogP contribution < -0.4 is 0 Å². The van der Waals surface area contributed by atoms with Gasteiger partial charge >= 0.3 is 0 Å². The van der Waals surface area contributed by atoms with E-state index >= 15 is 0 Å². The summed E-state index contributed by atoms with van der Waals surface area (Å²) in [6, 6.07) is 13.0. The lowest BCUT2D eigenvalue weighted by Crippen LogP contribution is -2.34. The summed E-state index contributed by atoms with van der Waals surface area (Å²) in [6.45, 7) is 3.30. The summed E-state index contributed by atoms with van der Waals surface area (Å²) in [5.74, 6) is 0.179. The quantitative estimate of drug-likeness (QED) is 0.743. The third kappa shape index (κ3) is 2.64. The maximum atomic E-state index is 11.6.